The van der Waals surface area contributed by atoms with Crippen molar-refractivity contribution >= 4 is 16.2 Å². The monoisotopic (exact) mass is 425 g/mol. The molecule has 0 aliphatic carbocycles. The van der Waals surface area contributed by atoms with Crippen molar-refractivity contribution in [1.29, 1.82) is 0 Å². The van der Waals surface area contributed by atoms with Gasteiger partial charge in [0.05, 0.1) is 18.6 Å². The summed E-state index contributed by atoms with van der Waals surface area (Å²) in [5.41, 5.74) is 0. The van der Waals surface area contributed by atoms with E-state index in [0.29, 0.717) is 32.5 Å². The number of piperidine rings is 1. The Balaban J connectivity index is 1.55. The summed E-state index contributed by atoms with van der Waals surface area (Å²) in [7, 11) is -3.68. The van der Waals surface area contributed by atoms with Gasteiger partial charge in [-0.1, -0.05) is 6.42 Å². The maximum atomic E-state index is 13.5. The molecule has 9 nitrogen and oxygen atoms in total. The fourth-order valence-electron chi connectivity index (χ4n) is 4.78. The lowest BCUT2D eigenvalue weighted by Crippen LogP contribution is -2.49. The van der Waals surface area contributed by atoms with Crippen molar-refractivity contribution in [3.8, 4) is 0 Å². The summed E-state index contributed by atoms with van der Waals surface area (Å²) >= 11 is 0. The molecule has 0 N–H and O–H groups in total. The third-order valence-electron chi connectivity index (χ3n) is 6.27. The standard InChI is InChI=1S/C19H31N5O4S/c1-2-28-19(25)15-8-6-11-22(14-15)29(26,27)24-13-7-9-16(24)18-21-20-17-10-4-3-5-12-23(17)18/h15-16H,2-14H2,1H3/t15-,16-/m0/s1. The molecule has 2 fully saturated rings. The second-order valence-corrected chi connectivity index (χ2v) is 10.0. The van der Waals surface area contributed by atoms with E-state index in [2.05, 4.69) is 14.8 Å². The number of hydrogen-bond donors (Lipinski definition) is 0. The molecule has 0 aromatic carbocycles. The molecule has 4 heterocycles. The molecule has 0 bridgehead atoms. The SMILES string of the molecule is CCOC(=O)[C@H]1CCCN(S(=O)(=O)N2CCC[C@H]2c2nnc3n2CCCCC3)C1. The van der Waals surface area contributed by atoms with Crippen LogP contribution in [-0.4, -0.2) is 64.0 Å². The molecule has 10 heteroatoms. The third-order valence-corrected chi connectivity index (χ3v) is 8.28. The molecule has 1 aromatic rings. The van der Waals surface area contributed by atoms with E-state index < -0.39 is 10.2 Å². The Bertz CT molecular complexity index is 840. The van der Waals surface area contributed by atoms with Gasteiger partial charge in [0.15, 0.2) is 5.82 Å². The summed E-state index contributed by atoms with van der Waals surface area (Å²) in [5.74, 6) is 1.07. The molecule has 0 radical (unpaired) electrons. The largest absolute Gasteiger partial charge is 0.466 e. The van der Waals surface area contributed by atoms with Gasteiger partial charge in [-0.15, -0.1) is 10.2 Å². The summed E-state index contributed by atoms with van der Waals surface area (Å²) in [5, 5.41) is 8.77. The number of carbonyl (C=O) groups is 1. The lowest BCUT2D eigenvalue weighted by molar-refractivity contribution is -0.149. The van der Waals surface area contributed by atoms with E-state index in [1.807, 2.05) is 0 Å². The Kier molecular flexibility index (Phi) is 6.21. The Morgan fingerprint density at radius 3 is 2.72 bits per heavy atom. The highest BCUT2D eigenvalue weighted by atomic mass is 32.2. The number of carbonyl (C=O) groups excluding carboxylic acids is 1. The number of esters is 1. The van der Waals surface area contributed by atoms with Gasteiger partial charge in [-0.2, -0.15) is 17.0 Å². The summed E-state index contributed by atoms with van der Waals surface area (Å²) in [6.07, 6.45) is 7.15. The van der Waals surface area contributed by atoms with Gasteiger partial charge in [-0.3, -0.25) is 4.79 Å². The normalized spacial score (nSPS) is 26.8. The van der Waals surface area contributed by atoms with Crippen LogP contribution in [0.3, 0.4) is 0 Å². The molecule has 0 amide bonds. The van der Waals surface area contributed by atoms with Crippen LogP contribution in [0.5, 0.6) is 0 Å². The van der Waals surface area contributed by atoms with Gasteiger partial charge >= 0.3 is 5.97 Å². The van der Waals surface area contributed by atoms with Crippen molar-refractivity contribution in [2.24, 2.45) is 5.92 Å². The first-order valence-electron chi connectivity index (χ1n) is 10.9. The molecule has 1 aromatic heterocycles. The number of aryl methyl sites for hydroxylation is 1. The highest BCUT2D eigenvalue weighted by Crippen LogP contribution is 2.36. The number of hydrogen-bond acceptors (Lipinski definition) is 6. The highest BCUT2D eigenvalue weighted by Gasteiger charge is 2.43. The number of rotatable bonds is 5. The molecule has 2 saturated heterocycles. The second-order valence-electron chi connectivity index (χ2n) is 8.16. The van der Waals surface area contributed by atoms with Gasteiger partial charge in [0, 0.05) is 32.6 Å². The Morgan fingerprint density at radius 2 is 1.90 bits per heavy atom. The van der Waals surface area contributed by atoms with Crippen LogP contribution < -0.4 is 0 Å². The van der Waals surface area contributed by atoms with E-state index in [9.17, 15) is 13.2 Å². The first-order valence-corrected chi connectivity index (χ1v) is 12.3. The highest BCUT2D eigenvalue weighted by molar-refractivity contribution is 7.86. The van der Waals surface area contributed by atoms with Crippen LogP contribution in [0.15, 0.2) is 0 Å². The average molecular weight is 426 g/mol. The van der Waals surface area contributed by atoms with Gasteiger partial charge in [-0.05, 0) is 45.4 Å². The molecule has 0 unspecified atom stereocenters. The number of nitrogens with zero attached hydrogens (tertiary/aromatic N) is 5. The molecule has 162 valence electrons. The van der Waals surface area contributed by atoms with Gasteiger partial charge < -0.3 is 9.30 Å². The molecule has 0 saturated carbocycles. The maximum Gasteiger partial charge on any atom is 0.310 e. The van der Waals surface area contributed by atoms with Crippen molar-refractivity contribution in [3.05, 3.63) is 11.6 Å². The van der Waals surface area contributed by atoms with Gasteiger partial charge in [-0.25, -0.2) is 0 Å². The topological polar surface area (TPSA) is 97.6 Å². The molecule has 0 spiro atoms. The van der Waals surface area contributed by atoms with E-state index >= 15 is 0 Å². The Hall–Kier alpha value is -1.52. The zero-order valence-electron chi connectivity index (χ0n) is 17.1. The smallest absolute Gasteiger partial charge is 0.310 e. The van der Waals surface area contributed by atoms with Crippen LogP contribution in [0.2, 0.25) is 0 Å². The quantitative estimate of drug-likeness (QED) is 0.666. The molecular formula is C19H31N5O4S. The third kappa shape index (κ3) is 4.06. The van der Waals surface area contributed by atoms with E-state index in [1.165, 1.54) is 10.7 Å². The zero-order valence-corrected chi connectivity index (χ0v) is 17.9. The molecule has 4 rings (SSSR count). The van der Waals surface area contributed by atoms with E-state index in [4.69, 9.17) is 4.74 Å². The van der Waals surface area contributed by atoms with Gasteiger partial charge in [0.25, 0.3) is 10.2 Å². The fourth-order valence-corrected chi connectivity index (χ4v) is 6.69. The van der Waals surface area contributed by atoms with Crippen molar-refractivity contribution in [2.75, 3.05) is 26.2 Å². The number of aromatic nitrogens is 3. The molecule has 29 heavy (non-hydrogen) atoms. The van der Waals surface area contributed by atoms with E-state index in [0.717, 1.165) is 50.3 Å². The Morgan fingerprint density at radius 1 is 1.07 bits per heavy atom. The summed E-state index contributed by atoms with van der Waals surface area (Å²) in [6, 6.07) is -0.276. The average Bonchev–Trinajstić information content (AvgIpc) is 3.30. The molecule has 2 atom stereocenters. The molecule has 3 aliphatic heterocycles. The number of fused-ring (bicyclic) bond motifs is 1. The number of ether oxygens (including phenoxy) is 1. The second kappa shape index (κ2) is 8.69. The van der Waals surface area contributed by atoms with E-state index in [1.54, 1.807) is 11.2 Å². The summed E-state index contributed by atoms with van der Waals surface area (Å²) in [6.45, 7) is 4.06. The van der Waals surface area contributed by atoms with Crippen molar-refractivity contribution in [1.82, 2.24) is 23.4 Å². The summed E-state index contributed by atoms with van der Waals surface area (Å²) in [4.78, 5) is 12.2. The molecule has 3 aliphatic rings. The van der Waals surface area contributed by atoms with Crippen molar-refractivity contribution < 1.29 is 17.9 Å². The zero-order chi connectivity index (χ0) is 20.4. The maximum absolute atomic E-state index is 13.5. The van der Waals surface area contributed by atoms with Crippen LogP contribution in [0.25, 0.3) is 0 Å². The lowest BCUT2D eigenvalue weighted by atomic mass is 10.0. The van der Waals surface area contributed by atoms with Gasteiger partial charge in [0.2, 0.25) is 0 Å². The van der Waals surface area contributed by atoms with Crippen LogP contribution >= 0.6 is 0 Å². The minimum Gasteiger partial charge on any atom is -0.466 e. The minimum absolute atomic E-state index is 0.197. The minimum atomic E-state index is -3.68. The van der Waals surface area contributed by atoms with Crippen molar-refractivity contribution in [3.63, 3.8) is 0 Å². The first kappa shape index (κ1) is 20.7. The Labute approximate surface area is 172 Å². The van der Waals surface area contributed by atoms with Crippen LogP contribution in [0.1, 0.15) is 69.6 Å². The van der Waals surface area contributed by atoms with Crippen LogP contribution in [0.4, 0.5) is 0 Å². The fraction of sp³-hybridized carbons (Fsp3) is 0.842. The predicted molar refractivity (Wildman–Crippen MR) is 106 cm³/mol. The first-order chi connectivity index (χ1) is 14.0. The van der Waals surface area contributed by atoms with Gasteiger partial charge in [0.1, 0.15) is 5.82 Å². The van der Waals surface area contributed by atoms with Crippen LogP contribution in [0, 0.1) is 5.92 Å². The summed E-state index contributed by atoms with van der Waals surface area (Å²) < 4.78 is 37.3. The molecular weight excluding hydrogens is 394 g/mol. The van der Waals surface area contributed by atoms with Crippen LogP contribution in [-0.2, 0) is 32.7 Å². The van der Waals surface area contributed by atoms with Crippen molar-refractivity contribution in [2.45, 2.75) is 70.9 Å². The lowest BCUT2D eigenvalue weighted by Gasteiger charge is -2.35. The predicted octanol–water partition coefficient (Wildman–Crippen LogP) is 1.66. The van der Waals surface area contributed by atoms with E-state index in [-0.39, 0.29) is 24.5 Å².